The number of hydrogen-bond acceptors (Lipinski definition) is 7. The number of aliphatic imine (C=N–C) groups is 1. The minimum atomic E-state index is -0.193. The summed E-state index contributed by atoms with van der Waals surface area (Å²) in [7, 11) is 0. The zero-order valence-corrected chi connectivity index (χ0v) is 22.9. The molecule has 0 saturated carbocycles. The maximum atomic E-state index is 14.1. The van der Waals surface area contributed by atoms with Crippen LogP contribution in [-0.4, -0.2) is 30.5 Å². The molecule has 0 aliphatic rings. The Balaban J connectivity index is 1.57. The molecule has 0 spiro atoms. The van der Waals surface area contributed by atoms with Crippen LogP contribution < -0.4 is 9.04 Å². The molecule has 4 aromatic rings. The number of rotatable bonds is 11. The van der Waals surface area contributed by atoms with Gasteiger partial charge >= 0.3 is 0 Å². The van der Waals surface area contributed by atoms with Gasteiger partial charge in [-0.05, 0) is 48.5 Å². The first-order chi connectivity index (χ1) is 18.9. The van der Waals surface area contributed by atoms with Crippen LogP contribution in [0.15, 0.2) is 77.8 Å². The van der Waals surface area contributed by atoms with Crippen LogP contribution in [0.1, 0.15) is 39.6 Å². The molecule has 0 N–H and O–H groups in total. The fraction of sp³-hybridized carbons (Fsp3) is 0.133. The summed E-state index contributed by atoms with van der Waals surface area (Å²) in [6, 6.07) is 21.6. The first kappa shape index (κ1) is 28.0. The molecule has 1 aromatic heterocycles. The van der Waals surface area contributed by atoms with E-state index in [0.717, 1.165) is 28.5 Å². The van der Waals surface area contributed by atoms with Crippen molar-refractivity contribution in [2.24, 2.45) is 4.99 Å². The van der Waals surface area contributed by atoms with Gasteiger partial charge in [0.2, 0.25) is 0 Å². The Kier molecular flexibility index (Phi) is 9.11. The van der Waals surface area contributed by atoms with Crippen LogP contribution in [0.4, 0.5) is 15.4 Å². The van der Waals surface area contributed by atoms with Crippen LogP contribution in [0.25, 0.3) is 22.4 Å². The quantitative estimate of drug-likeness (QED) is 0.0601. The predicted octanol–water partition coefficient (Wildman–Crippen LogP) is 8.49. The van der Waals surface area contributed by atoms with Crippen LogP contribution in [0.3, 0.4) is 0 Å². The highest BCUT2D eigenvalue weighted by Gasteiger charge is 2.19. The first-order valence-electron chi connectivity index (χ1n) is 12.0. The second-order valence-electron chi connectivity index (χ2n) is 8.61. The molecule has 6 nitrogen and oxygen atoms in total. The number of aromatic nitrogens is 1. The predicted molar refractivity (Wildman–Crippen MR) is 157 cm³/mol. The van der Waals surface area contributed by atoms with Crippen molar-refractivity contribution in [2.75, 3.05) is 11.0 Å². The van der Waals surface area contributed by atoms with E-state index in [2.05, 4.69) is 16.7 Å². The monoisotopic (exact) mass is 561 g/mol. The number of halogens is 2. The number of aryl methyl sites for hydroxylation is 1. The molecule has 0 unspecified atom stereocenters. The third kappa shape index (κ3) is 6.35. The van der Waals surface area contributed by atoms with Gasteiger partial charge in [0.05, 0.1) is 16.4 Å². The van der Waals surface area contributed by atoms with Gasteiger partial charge in [-0.1, -0.05) is 73.1 Å². The molecule has 198 valence electrons. The third-order valence-corrected chi connectivity index (χ3v) is 6.91. The van der Waals surface area contributed by atoms with E-state index in [1.807, 2.05) is 43.3 Å². The summed E-state index contributed by atoms with van der Waals surface area (Å²) in [5.74, 6) is 0.617. The van der Waals surface area contributed by atoms with Gasteiger partial charge in [-0.2, -0.15) is 0 Å². The minimum absolute atomic E-state index is 0.00299. The molecule has 0 fully saturated rings. The average Bonchev–Trinajstić information content (AvgIpc) is 2.98. The highest BCUT2D eigenvalue weighted by molar-refractivity contribution is 7.95. The normalized spacial score (nSPS) is 10.7. The molecule has 4 rings (SSSR count). The number of nitrogens with zero attached hydrogens (tertiary/aromatic N) is 3. The number of carbonyl (C=O) groups is 2. The number of pyridine rings is 1. The molecular formula is C30H25ClFN3O3S. The van der Waals surface area contributed by atoms with E-state index in [9.17, 15) is 13.5 Å². The summed E-state index contributed by atoms with van der Waals surface area (Å²) in [4.78, 5) is 31.7. The van der Waals surface area contributed by atoms with Gasteiger partial charge < -0.3 is 4.74 Å². The Labute approximate surface area is 235 Å². The Morgan fingerprint density at radius 1 is 1.08 bits per heavy atom. The molecule has 0 bridgehead atoms. The van der Waals surface area contributed by atoms with Crippen LogP contribution in [-0.2, 0) is 0 Å². The van der Waals surface area contributed by atoms with Gasteiger partial charge in [-0.25, -0.2) is 9.98 Å². The number of carbonyl (C=O) groups excluding carboxylic acids is 2. The largest absolute Gasteiger partial charge is 0.472 e. The number of aldehydes is 1. The van der Waals surface area contributed by atoms with Crippen LogP contribution >= 0.6 is 23.9 Å². The van der Waals surface area contributed by atoms with Crippen LogP contribution in [0.5, 0.6) is 5.75 Å². The van der Waals surface area contributed by atoms with E-state index in [4.69, 9.17) is 16.3 Å². The second kappa shape index (κ2) is 12.7. The SMILES string of the molecule is C=Nc1nc(-c2ccc(-c3ccc(C=O)cc3)cc2)c(Cl)cc1N(COc1ccc(C)c(C(=O)CC)c1)SF. The van der Waals surface area contributed by atoms with Gasteiger partial charge in [0, 0.05) is 23.1 Å². The lowest BCUT2D eigenvalue weighted by molar-refractivity contribution is 0.0986. The van der Waals surface area contributed by atoms with E-state index in [-0.39, 0.29) is 36.4 Å². The molecule has 0 aliphatic heterocycles. The van der Waals surface area contributed by atoms with Crippen molar-refractivity contribution < 1.29 is 18.2 Å². The standard InChI is InChI=1S/C30H25ClFN3O3S/c1-4-28(37)25-15-24(14-5-19(25)2)38-18-35(39-32)27-16-26(31)29(34-30(27)33-3)23-12-10-22(11-13-23)21-8-6-20(17-36)7-9-21/h5-17H,3-4,18H2,1-2H3. The van der Waals surface area contributed by atoms with Crippen molar-refractivity contribution in [3.63, 3.8) is 0 Å². The lowest BCUT2D eigenvalue weighted by Crippen LogP contribution is -2.20. The Morgan fingerprint density at radius 3 is 2.31 bits per heavy atom. The first-order valence-corrected chi connectivity index (χ1v) is 13.1. The van der Waals surface area contributed by atoms with Gasteiger partial charge in [0.15, 0.2) is 30.7 Å². The minimum Gasteiger partial charge on any atom is -0.472 e. The summed E-state index contributed by atoms with van der Waals surface area (Å²) in [6.07, 6.45) is 1.18. The summed E-state index contributed by atoms with van der Waals surface area (Å²) in [5.41, 5.74) is 5.45. The maximum Gasteiger partial charge on any atom is 0.176 e. The number of ether oxygens (including phenoxy) is 1. The number of anilines is 1. The summed E-state index contributed by atoms with van der Waals surface area (Å²) >= 11 is 6.53. The zero-order chi connectivity index (χ0) is 27.9. The molecule has 0 aliphatic carbocycles. The van der Waals surface area contributed by atoms with Crippen LogP contribution in [0.2, 0.25) is 5.02 Å². The molecule has 0 radical (unpaired) electrons. The number of benzene rings is 3. The Hall–Kier alpha value is -4.01. The summed E-state index contributed by atoms with van der Waals surface area (Å²) in [6.45, 7) is 7.05. The Bertz CT molecular complexity index is 1510. The maximum absolute atomic E-state index is 14.1. The van der Waals surface area contributed by atoms with Gasteiger partial charge in [-0.3, -0.25) is 13.9 Å². The van der Waals surface area contributed by atoms with Gasteiger partial charge in [0.25, 0.3) is 0 Å². The van der Waals surface area contributed by atoms with E-state index in [1.54, 1.807) is 43.3 Å². The zero-order valence-electron chi connectivity index (χ0n) is 21.4. The van der Waals surface area contributed by atoms with Crippen molar-refractivity contribution in [2.45, 2.75) is 20.3 Å². The molecule has 9 heteroatoms. The molecule has 0 atom stereocenters. The van der Waals surface area contributed by atoms with Gasteiger partial charge in [0.1, 0.15) is 12.0 Å². The third-order valence-electron chi connectivity index (χ3n) is 6.16. The van der Waals surface area contributed by atoms with E-state index in [0.29, 0.717) is 34.0 Å². The second-order valence-corrected chi connectivity index (χ2v) is 9.60. The van der Waals surface area contributed by atoms with Crippen molar-refractivity contribution >= 4 is 54.2 Å². The average molecular weight is 562 g/mol. The van der Waals surface area contributed by atoms with Crippen molar-refractivity contribution in [1.29, 1.82) is 0 Å². The van der Waals surface area contributed by atoms with E-state index >= 15 is 0 Å². The topological polar surface area (TPSA) is 71.9 Å². The van der Waals surface area contributed by atoms with Gasteiger partial charge in [-0.15, -0.1) is 3.89 Å². The molecule has 3 aromatic carbocycles. The van der Waals surface area contributed by atoms with Crippen molar-refractivity contribution in [1.82, 2.24) is 4.98 Å². The molecular weight excluding hydrogens is 537 g/mol. The number of ketones is 1. The highest BCUT2D eigenvalue weighted by atomic mass is 35.5. The number of hydrogen-bond donors (Lipinski definition) is 0. The molecule has 0 amide bonds. The highest BCUT2D eigenvalue weighted by Crippen LogP contribution is 2.39. The lowest BCUT2D eigenvalue weighted by Gasteiger charge is -2.21. The van der Waals surface area contributed by atoms with Crippen LogP contribution in [0, 0.1) is 6.92 Å². The lowest BCUT2D eigenvalue weighted by atomic mass is 10.0. The van der Waals surface area contributed by atoms with Crippen molar-refractivity contribution in [3.05, 3.63) is 94.5 Å². The summed E-state index contributed by atoms with van der Waals surface area (Å²) < 4.78 is 21.0. The fourth-order valence-electron chi connectivity index (χ4n) is 3.99. The van der Waals surface area contributed by atoms with Crippen molar-refractivity contribution in [3.8, 4) is 28.1 Å². The number of Topliss-reactive ketones (excluding diaryl/α,β-unsaturated/α-hetero) is 1. The summed E-state index contributed by atoms with van der Waals surface area (Å²) in [5, 5.41) is 0.297. The molecule has 39 heavy (non-hydrogen) atoms. The Morgan fingerprint density at radius 2 is 1.72 bits per heavy atom. The molecule has 1 heterocycles. The molecule has 0 saturated heterocycles. The fourth-order valence-corrected chi connectivity index (χ4v) is 4.54. The van der Waals surface area contributed by atoms with E-state index in [1.165, 1.54) is 4.31 Å². The van der Waals surface area contributed by atoms with E-state index < -0.39 is 0 Å². The smallest absolute Gasteiger partial charge is 0.176 e.